The van der Waals surface area contributed by atoms with Crippen molar-refractivity contribution in [2.24, 2.45) is 0 Å². The largest absolute Gasteiger partial charge is 0.352 e. The predicted molar refractivity (Wildman–Crippen MR) is 138 cm³/mol. The molecule has 10 heteroatoms. The zero-order chi connectivity index (χ0) is 25.6. The number of hydrogen-bond acceptors (Lipinski definition) is 4. The normalized spacial score (nSPS) is 13.1. The van der Waals surface area contributed by atoms with E-state index in [1.807, 2.05) is 45.0 Å². The number of carbonyl (C=O) groups excluding carboxylic acids is 2. The van der Waals surface area contributed by atoms with E-state index in [4.69, 9.17) is 23.2 Å². The fourth-order valence-corrected chi connectivity index (χ4v) is 4.33. The molecular formula is C24H31Cl2N3O4S. The zero-order valence-corrected chi connectivity index (χ0v) is 22.3. The summed E-state index contributed by atoms with van der Waals surface area (Å²) in [4.78, 5) is 27.7. The molecule has 0 unspecified atom stereocenters. The van der Waals surface area contributed by atoms with Gasteiger partial charge in [-0.15, -0.1) is 0 Å². The lowest BCUT2D eigenvalue weighted by molar-refractivity contribution is -0.139. The van der Waals surface area contributed by atoms with Crippen LogP contribution in [0.4, 0.5) is 5.69 Å². The second-order valence-corrected chi connectivity index (χ2v) is 11.1. The summed E-state index contributed by atoms with van der Waals surface area (Å²) < 4.78 is 26.1. The number of anilines is 1. The number of hydrogen-bond donors (Lipinski definition) is 1. The van der Waals surface area contributed by atoms with Crippen LogP contribution in [-0.2, 0) is 26.2 Å². The van der Waals surface area contributed by atoms with Gasteiger partial charge in [0, 0.05) is 12.6 Å². The Balaban J connectivity index is 2.39. The smallest absolute Gasteiger partial charge is 0.244 e. The van der Waals surface area contributed by atoms with Gasteiger partial charge in [-0.1, -0.05) is 60.0 Å². The highest BCUT2D eigenvalue weighted by Crippen LogP contribution is 2.28. The standard InChI is InChI=1S/C24H31Cl2N3O4S/c1-6-17(3)27-24(31)18(4)28(14-19-9-7-16(2)8-10-19)23(30)15-29(34(5,32)33)20-11-12-21(25)22(26)13-20/h7-13,17-18H,6,14-15H2,1-5H3,(H,27,31)/t17-,18+/m0/s1. The maximum Gasteiger partial charge on any atom is 0.244 e. The van der Waals surface area contributed by atoms with E-state index >= 15 is 0 Å². The van der Waals surface area contributed by atoms with E-state index in [0.717, 1.165) is 28.1 Å². The van der Waals surface area contributed by atoms with Crippen LogP contribution >= 0.6 is 23.2 Å². The summed E-state index contributed by atoms with van der Waals surface area (Å²) in [5.74, 6) is -0.834. The molecule has 0 bridgehead atoms. The van der Waals surface area contributed by atoms with Crippen molar-refractivity contribution in [1.29, 1.82) is 0 Å². The first kappa shape index (κ1) is 28.0. The first-order valence-electron chi connectivity index (χ1n) is 10.9. The molecule has 0 saturated carbocycles. The Labute approximate surface area is 212 Å². The number of halogens is 2. The fraction of sp³-hybridized carbons (Fsp3) is 0.417. The number of benzene rings is 2. The predicted octanol–water partition coefficient (Wildman–Crippen LogP) is 4.40. The van der Waals surface area contributed by atoms with Gasteiger partial charge in [-0.25, -0.2) is 8.42 Å². The molecule has 1 N–H and O–H groups in total. The Kier molecular flexibility index (Phi) is 9.79. The molecule has 34 heavy (non-hydrogen) atoms. The van der Waals surface area contributed by atoms with Crippen molar-refractivity contribution in [2.75, 3.05) is 17.1 Å². The number of aryl methyl sites for hydroxylation is 1. The summed E-state index contributed by atoms with van der Waals surface area (Å²) in [6.07, 6.45) is 1.75. The van der Waals surface area contributed by atoms with Crippen molar-refractivity contribution >= 4 is 50.7 Å². The third kappa shape index (κ3) is 7.61. The molecule has 186 valence electrons. The van der Waals surface area contributed by atoms with Crippen LogP contribution in [0.1, 0.15) is 38.3 Å². The molecule has 2 aromatic carbocycles. The minimum Gasteiger partial charge on any atom is -0.352 e. The van der Waals surface area contributed by atoms with Crippen LogP contribution in [0, 0.1) is 6.92 Å². The summed E-state index contributed by atoms with van der Waals surface area (Å²) in [5.41, 5.74) is 2.09. The van der Waals surface area contributed by atoms with E-state index in [9.17, 15) is 18.0 Å². The van der Waals surface area contributed by atoms with E-state index in [2.05, 4.69) is 5.32 Å². The van der Waals surface area contributed by atoms with Crippen LogP contribution in [0.25, 0.3) is 0 Å². The molecule has 2 aromatic rings. The lowest BCUT2D eigenvalue weighted by Gasteiger charge is -2.32. The zero-order valence-electron chi connectivity index (χ0n) is 20.0. The van der Waals surface area contributed by atoms with Gasteiger partial charge in [0.15, 0.2) is 0 Å². The molecule has 2 amide bonds. The van der Waals surface area contributed by atoms with Gasteiger partial charge in [0.25, 0.3) is 0 Å². The second kappa shape index (κ2) is 11.9. The lowest BCUT2D eigenvalue weighted by atomic mass is 10.1. The van der Waals surface area contributed by atoms with Crippen molar-refractivity contribution in [2.45, 2.75) is 52.7 Å². The minimum absolute atomic E-state index is 0.0602. The number of nitrogens with zero attached hydrogens (tertiary/aromatic N) is 2. The van der Waals surface area contributed by atoms with Gasteiger partial charge in [-0.05, 0) is 51.0 Å². The van der Waals surface area contributed by atoms with Gasteiger partial charge < -0.3 is 10.2 Å². The SMILES string of the molecule is CC[C@H](C)NC(=O)[C@@H](C)N(Cc1ccc(C)cc1)C(=O)CN(c1ccc(Cl)c(Cl)c1)S(C)(=O)=O. The van der Waals surface area contributed by atoms with Gasteiger partial charge in [-0.3, -0.25) is 13.9 Å². The number of amides is 2. The van der Waals surface area contributed by atoms with Crippen LogP contribution < -0.4 is 9.62 Å². The van der Waals surface area contributed by atoms with Crippen molar-refractivity contribution in [3.8, 4) is 0 Å². The molecule has 0 spiro atoms. The molecule has 0 radical (unpaired) electrons. The summed E-state index contributed by atoms with van der Waals surface area (Å²) in [7, 11) is -3.84. The number of nitrogens with one attached hydrogen (secondary N) is 1. The first-order chi connectivity index (χ1) is 15.8. The Hall–Kier alpha value is -2.29. The number of rotatable bonds is 10. The second-order valence-electron chi connectivity index (χ2n) is 8.37. The minimum atomic E-state index is -3.84. The van der Waals surface area contributed by atoms with E-state index in [1.165, 1.54) is 23.1 Å². The Morgan fingerprint density at radius 1 is 1.03 bits per heavy atom. The highest BCUT2D eigenvalue weighted by molar-refractivity contribution is 7.92. The molecule has 0 aliphatic heterocycles. The van der Waals surface area contributed by atoms with Crippen LogP contribution in [0.5, 0.6) is 0 Å². The molecule has 2 rings (SSSR count). The highest BCUT2D eigenvalue weighted by atomic mass is 35.5. The molecule has 0 aromatic heterocycles. The number of sulfonamides is 1. The van der Waals surface area contributed by atoms with Gasteiger partial charge in [0.05, 0.1) is 22.0 Å². The highest BCUT2D eigenvalue weighted by Gasteiger charge is 2.30. The van der Waals surface area contributed by atoms with Crippen molar-refractivity contribution in [1.82, 2.24) is 10.2 Å². The van der Waals surface area contributed by atoms with Gasteiger partial charge in [0.2, 0.25) is 21.8 Å². The average Bonchev–Trinajstić information content (AvgIpc) is 2.77. The molecule has 0 saturated heterocycles. The van der Waals surface area contributed by atoms with Crippen LogP contribution in [-0.4, -0.2) is 50.0 Å². The van der Waals surface area contributed by atoms with E-state index in [1.54, 1.807) is 6.92 Å². The fourth-order valence-electron chi connectivity index (χ4n) is 3.19. The van der Waals surface area contributed by atoms with Crippen LogP contribution in [0.2, 0.25) is 10.0 Å². The molecular weight excluding hydrogens is 497 g/mol. The summed E-state index contributed by atoms with van der Waals surface area (Å²) in [5, 5.41) is 3.32. The maximum atomic E-state index is 13.5. The summed E-state index contributed by atoms with van der Waals surface area (Å²) in [6, 6.07) is 11.0. The van der Waals surface area contributed by atoms with Gasteiger partial charge in [-0.2, -0.15) is 0 Å². The van der Waals surface area contributed by atoms with Gasteiger partial charge >= 0.3 is 0 Å². The van der Waals surface area contributed by atoms with Crippen molar-refractivity contribution in [3.63, 3.8) is 0 Å². The van der Waals surface area contributed by atoms with Crippen molar-refractivity contribution < 1.29 is 18.0 Å². The van der Waals surface area contributed by atoms with Gasteiger partial charge in [0.1, 0.15) is 12.6 Å². The molecule has 0 heterocycles. The quantitative estimate of drug-likeness (QED) is 0.495. The molecule has 0 fully saturated rings. The van der Waals surface area contributed by atoms with E-state index in [-0.39, 0.29) is 34.2 Å². The summed E-state index contributed by atoms with van der Waals surface area (Å²) in [6.45, 7) is 7.07. The Bertz CT molecular complexity index is 1120. The molecule has 0 aliphatic rings. The average molecular weight is 529 g/mol. The third-order valence-corrected chi connectivity index (χ3v) is 7.39. The Morgan fingerprint density at radius 3 is 2.18 bits per heavy atom. The summed E-state index contributed by atoms with van der Waals surface area (Å²) >= 11 is 12.0. The Morgan fingerprint density at radius 2 is 1.65 bits per heavy atom. The lowest BCUT2D eigenvalue weighted by Crippen LogP contribution is -2.52. The monoisotopic (exact) mass is 527 g/mol. The number of carbonyl (C=O) groups is 2. The maximum absolute atomic E-state index is 13.5. The first-order valence-corrected chi connectivity index (χ1v) is 13.5. The van der Waals surface area contributed by atoms with E-state index in [0.29, 0.717) is 0 Å². The van der Waals surface area contributed by atoms with E-state index < -0.39 is 28.5 Å². The van der Waals surface area contributed by atoms with Crippen molar-refractivity contribution in [3.05, 3.63) is 63.6 Å². The molecule has 0 aliphatic carbocycles. The molecule has 7 nitrogen and oxygen atoms in total. The molecule has 2 atom stereocenters. The third-order valence-electron chi connectivity index (χ3n) is 5.51. The topological polar surface area (TPSA) is 86.8 Å². The van der Waals surface area contributed by atoms with Crippen LogP contribution in [0.3, 0.4) is 0 Å². The van der Waals surface area contributed by atoms with Crippen LogP contribution in [0.15, 0.2) is 42.5 Å².